The number of hydrogen-bond donors (Lipinski definition) is 21. The summed E-state index contributed by atoms with van der Waals surface area (Å²) in [6.07, 6.45) is 0.878. The van der Waals surface area contributed by atoms with Gasteiger partial charge in [0.1, 0.15) is 59.1 Å². The van der Waals surface area contributed by atoms with Crippen LogP contribution in [-0.4, -0.2) is 263 Å². The molecular weight excluding hydrogens is 1730 g/mol. The number of aromatic nitrogens is 4. The molecule has 41 heteroatoms. The van der Waals surface area contributed by atoms with Gasteiger partial charge in [-0.05, 0) is 146 Å². The van der Waals surface area contributed by atoms with E-state index in [2.05, 4.69) is 89.7 Å². The SMILES string of the molecule is CC(=O)N[C@@H](CC(C)C)C(=O)N[C@H](C(=O)N[C@@H](Cc1ccccc1)C(=O)N[C@]1(C)CCCCCCn2cc(nn2)CCC[C@@](C)(C(=O)N[C@@H](CO)C(=O)CC(=O)[C@H](C)NCCN[C@@H](C)C(=O)CN)NC(=O)[C@H](CC2CCC2)NC(=O)[C@H](CCC(N)=O)NCN[C@@H](C)C(=O)CC(=O)[C@H](Cc2c[nH]c3ccccc23)NC(=O)[C@H](Cc2ccc(O)cc2)NC(=O)[C@H](CCC(=O)O)NC1=O)[C@@H](C)O. The van der Waals surface area contributed by atoms with Gasteiger partial charge in [0, 0.05) is 88.6 Å². The number of carboxylic acid groups (broad SMARTS) is 1. The molecule has 734 valence electrons. The standard InChI is InChI=1S/C93H136N20O21/c1-53(2)41-70(101-58(7)116)86(129)108-82(57(6)115)89(132)105-73(42-59-21-13-12-14-22-59)88(131)109-92(8)36-17-10-11-18-40-113-50-63(111-112-113)25-20-37-93(9,91(134)107-74(51-114)78(121)47-75(118)54(3)96-38-39-97-56(5)79(122)48-94)110-87(130)72(43-60-23-19-24-60)104-83(126)67(32-34-80(95)123)100-52-99-55(4)76(119)46-77(120)69(45-62-49-98-66-27-16-15-26-65(62)66)102-85(128)71(44-61-28-30-64(117)31-29-61)103-84(127)68(106-90(92)133)33-35-81(124)125/h12-16,21-22,26-31,49-50,53-57,60,67-74,82,96-100,114-115,117H,10-11,17-20,23-25,32-48,51-52,94H2,1-9H3,(H2,95,123)(H,101,116)(H,102,128)(H,103,127)(H,104,126)(H,105,132)(H,106,133)(H,107,134)(H,108,129)(H,109,131)(H,110,130)(H,124,125)/t54-,55-,56-,57+,67-,68-,69-,70-,71-,72-,73-,74-,82-,92+,93-/m0/s1. The summed E-state index contributed by atoms with van der Waals surface area (Å²) in [4.78, 5) is 244. The minimum Gasteiger partial charge on any atom is -0.508 e. The monoisotopic (exact) mass is 1870 g/mol. The zero-order chi connectivity index (χ0) is 98.5. The van der Waals surface area contributed by atoms with Gasteiger partial charge in [-0.15, -0.1) is 5.10 Å². The largest absolute Gasteiger partial charge is 0.508 e. The number of primary amides is 1. The Hall–Kier alpha value is -12.2. The second-order valence-electron chi connectivity index (χ2n) is 35.9. The van der Waals surface area contributed by atoms with Gasteiger partial charge in [-0.3, -0.25) is 96.8 Å². The molecule has 5 aromatic rings. The summed E-state index contributed by atoms with van der Waals surface area (Å²) < 4.78 is 1.56. The first-order valence-corrected chi connectivity index (χ1v) is 45.9. The zero-order valence-corrected chi connectivity index (χ0v) is 77.8. The van der Waals surface area contributed by atoms with Gasteiger partial charge < -0.3 is 101 Å². The number of para-hydroxylation sites is 1. The van der Waals surface area contributed by atoms with Crippen molar-refractivity contribution in [3.05, 3.63) is 114 Å². The lowest BCUT2D eigenvalue weighted by Crippen LogP contribution is -2.65. The van der Waals surface area contributed by atoms with Gasteiger partial charge in [-0.2, -0.15) is 0 Å². The number of carbonyl (C=O) groups is 17. The first-order chi connectivity index (χ1) is 63.6. The first kappa shape index (κ1) is 109. The zero-order valence-electron chi connectivity index (χ0n) is 77.8. The van der Waals surface area contributed by atoms with Crippen LogP contribution in [0.2, 0.25) is 0 Å². The number of aromatic hydroxyl groups is 1. The number of benzene rings is 3. The number of fused-ring (bicyclic) bond motifs is 3. The third kappa shape index (κ3) is 35.3. The molecule has 0 spiro atoms. The predicted molar refractivity (Wildman–Crippen MR) is 492 cm³/mol. The highest BCUT2D eigenvalue weighted by Gasteiger charge is 2.44. The molecule has 2 aliphatic rings. The normalized spacial score (nSPS) is 22.3. The van der Waals surface area contributed by atoms with Gasteiger partial charge in [0.25, 0.3) is 0 Å². The lowest BCUT2D eigenvalue weighted by Gasteiger charge is -2.35. The maximum absolute atomic E-state index is 15.6. The number of aryl methyl sites for hydroxylation is 2. The van der Waals surface area contributed by atoms with E-state index >= 15 is 28.8 Å². The molecule has 0 unspecified atom stereocenters. The Balaban J connectivity index is 1.26. The van der Waals surface area contributed by atoms with Crippen LogP contribution in [0.3, 0.4) is 0 Å². The predicted octanol–water partition coefficient (Wildman–Crippen LogP) is -0.698. The van der Waals surface area contributed by atoms with E-state index in [1.165, 1.54) is 65.8 Å². The average molecular weight is 1870 g/mol. The molecule has 1 fully saturated rings. The number of aliphatic hydroxyl groups excluding tert-OH is 2. The van der Waals surface area contributed by atoms with Gasteiger partial charge in [-0.1, -0.05) is 118 Å². The lowest BCUT2D eigenvalue weighted by molar-refractivity contribution is -0.140. The number of phenols is 1. The van der Waals surface area contributed by atoms with Gasteiger partial charge in [0.15, 0.2) is 28.9 Å². The molecule has 3 aromatic carbocycles. The fraction of sp³-hybridized carbons (Fsp3) is 0.581. The van der Waals surface area contributed by atoms with E-state index in [0.717, 1.165) is 6.42 Å². The summed E-state index contributed by atoms with van der Waals surface area (Å²) in [5.74, 6) is -15.0. The Morgan fingerprint density at radius 1 is 0.627 bits per heavy atom. The van der Waals surface area contributed by atoms with Crippen molar-refractivity contribution < 1.29 is 102 Å². The van der Waals surface area contributed by atoms with Crippen LogP contribution in [0.15, 0.2) is 91.3 Å². The summed E-state index contributed by atoms with van der Waals surface area (Å²) in [5.41, 5.74) is 9.51. The number of H-pyrrole nitrogens is 1. The minimum absolute atomic E-state index is 0.0751. The lowest BCUT2D eigenvalue weighted by atomic mass is 9.80. The highest BCUT2D eigenvalue weighted by molar-refractivity contribution is 6.07. The number of amides is 11. The van der Waals surface area contributed by atoms with Crippen molar-refractivity contribution in [1.82, 2.24) is 94.4 Å². The van der Waals surface area contributed by atoms with E-state index in [0.29, 0.717) is 65.4 Å². The molecule has 2 bridgehead atoms. The van der Waals surface area contributed by atoms with Gasteiger partial charge >= 0.3 is 5.97 Å². The molecule has 3 heterocycles. The Bertz CT molecular complexity index is 4850. The Morgan fingerprint density at radius 3 is 1.91 bits per heavy atom. The highest BCUT2D eigenvalue weighted by Crippen LogP contribution is 2.32. The van der Waals surface area contributed by atoms with Crippen LogP contribution in [0, 0.1) is 11.8 Å². The number of carboxylic acids is 1. The highest BCUT2D eigenvalue weighted by atomic mass is 16.4. The van der Waals surface area contributed by atoms with Crippen molar-refractivity contribution in [1.29, 1.82) is 0 Å². The van der Waals surface area contributed by atoms with E-state index in [1.54, 1.807) is 92.4 Å². The number of carbonyl (C=O) groups excluding carboxylic acids is 16. The number of aliphatic carboxylic acids is 1. The Morgan fingerprint density at radius 2 is 1.27 bits per heavy atom. The van der Waals surface area contributed by atoms with Crippen LogP contribution in [-0.2, 0) is 114 Å². The van der Waals surface area contributed by atoms with Crippen molar-refractivity contribution in [2.75, 3.05) is 32.9 Å². The molecule has 11 amide bonds. The van der Waals surface area contributed by atoms with E-state index in [9.17, 15) is 73.2 Å². The smallest absolute Gasteiger partial charge is 0.303 e. The third-order valence-electron chi connectivity index (χ3n) is 24.2. The number of aromatic amines is 1. The van der Waals surface area contributed by atoms with Crippen LogP contribution in [0.5, 0.6) is 5.75 Å². The van der Waals surface area contributed by atoms with E-state index in [-0.39, 0.29) is 133 Å². The number of nitrogens with two attached hydrogens (primary N) is 2. The third-order valence-corrected chi connectivity index (χ3v) is 24.2. The summed E-state index contributed by atoms with van der Waals surface area (Å²) in [5, 5.41) is 90.6. The number of ketones is 5. The Kier molecular flexibility index (Phi) is 43.6. The number of hydrogen-bond acceptors (Lipinski definition) is 27. The molecule has 15 atom stereocenters. The van der Waals surface area contributed by atoms with Crippen LogP contribution in [0.25, 0.3) is 10.9 Å². The summed E-state index contributed by atoms with van der Waals surface area (Å²) in [6, 6.07) is 4.45. The number of Topliss-reactive ketones (excluding diaryl/α,β-unsaturated/α-hetero) is 5. The van der Waals surface area contributed by atoms with Crippen LogP contribution in [0.4, 0.5) is 0 Å². The number of phenolic OH excluding ortho intramolecular Hbond substituents is 1. The summed E-state index contributed by atoms with van der Waals surface area (Å²) in [7, 11) is 0. The number of rotatable bonds is 38. The first-order valence-electron chi connectivity index (χ1n) is 45.9. The number of nitrogens with zero attached hydrogens (tertiary/aromatic N) is 3. The van der Waals surface area contributed by atoms with Crippen LogP contribution >= 0.6 is 0 Å². The molecule has 7 rings (SSSR count). The number of nitrogens with one attached hydrogen (secondary N) is 15. The van der Waals surface area contributed by atoms with E-state index in [1.807, 2.05) is 0 Å². The van der Waals surface area contributed by atoms with Crippen molar-refractivity contribution in [3.63, 3.8) is 0 Å². The van der Waals surface area contributed by atoms with Crippen LogP contribution < -0.4 is 85.9 Å². The quantitative estimate of drug-likeness (QED) is 0.0172. The molecule has 2 aromatic heterocycles. The molecule has 1 aliphatic heterocycles. The van der Waals surface area contributed by atoms with Crippen molar-refractivity contribution in [2.45, 2.75) is 300 Å². The molecule has 1 aliphatic carbocycles. The van der Waals surface area contributed by atoms with Crippen molar-refractivity contribution in [3.8, 4) is 5.75 Å². The van der Waals surface area contributed by atoms with Crippen LogP contribution in [0.1, 0.15) is 200 Å². The van der Waals surface area contributed by atoms with Gasteiger partial charge in [0.2, 0.25) is 65.0 Å². The van der Waals surface area contributed by atoms with E-state index in [4.69, 9.17) is 11.5 Å². The molecule has 134 heavy (non-hydrogen) atoms. The Labute approximate surface area is 778 Å². The van der Waals surface area contributed by atoms with E-state index < -0.39 is 216 Å². The number of aliphatic hydroxyl groups is 2. The maximum Gasteiger partial charge on any atom is 0.303 e. The fourth-order valence-corrected chi connectivity index (χ4v) is 15.7. The van der Waals surface area contributed by atoms with Crippen molar-refractivity contribution >= 4 is 111 Å². The summed E-state index contributed by atoms with van der Waals surface area (Å²) >= 11 is 0. The molecule has 23 N–H and O–H groups in total. The molecule has 41 nitrogen and oxygen atoms in total. The second-order valence-corrected chi connectivity index (χ2v) is 35.9. The summed E-state index contributed by atoms with van der Waals surface area (Å²) in [6.45, 7) is 12.6. The fourth-order valence-electron chi connectivity index (χ4n) is 15.7. The minimum atomic E-state index is -2.08. The molecule has 0 saturated heterocycles. The average Bonchev–Trinajstić information content (AvgIpc) is 1.38. The molecule has 0 radical (unpaired) electrons. The van der Waals surface area contributed by atoms with Gasteiger partial charge in [0.05, 0.1) is 68.0 Å². The topological polar surface area (TPSA) is 638 Å². The van der Waals surface area contributed by atoms with Crippen molar-refractivity contribution in [2.24, 2.45) is 23.3 Å². The maximum atomic E-state index is 15.6. The molecular formula is C93H136N20O21. The molecule has 1 saturated carbocycles. The second kappa shape index (κ2) is 53.7. The van der Waals surface area contributed by atoms with Gasteiger partial charge in [-0.25, -0.2) is 0 Å².